The Hall–Kier alpha value is -3.22. The van der Waals surface area contributed by atoms with E-state index in [9.17, 15) is 14.7 Å². The molecule has 0 saturated carbocycles. The molecule has 0 heterocycles. The Balaban J connectivity index is 2.09. The summed E-state index contributed by atoms with van der Waals surface area (Å²) in [6.45, 7) is 5.33. The topological polar surface area (TPSA) is 94.1 Å². The van der Waals surface area contributed by atoms with Crippen molar-refractivity contribution >= 4 is 12.1 Å². The van der Waals surface area contributed by atoms with Crippen LogP contribution in [0.4, 0.5) is 4.79 Å². The number of carbonyl (C=O) groups is 2. The molecule has 0 aromatic heterocycles. The Morgan fingerprint density at radius 2 is 1.76 bits per heavy atom. The lowest BCUT2D eigenvalue weighted by atomic mass is 10.0. The summed E-state index contributed by atoms with van der Waals surface area (Å²) in [6.07, 6.45) is -0.582. The molecule has 0 saturated heterocycles. The van der Waals surface area contributed by atoms with E-state index < -0.39 is 23.7 Å². The van der Waals surface area contributed by atoms with Crippen LogP contribution in [0, 0.1) is 0 Å². The Morgan fingerprint density at radius 3 is 2.38 bits per heavy atom. The van der Waals surface area contributed by atoms with E-state index in [0.717, 1.165) is 5.56 Å². The van der Waals surface area contributed by atoms with Gasteiger partial charge in [-0.1, -0.05) is 36.4 Å². The van der Waals surface area contributed by atoms with Crippen molar-refractivity contribution in [2.75, 3.05) is 7.11 Å². The van der Waals surface area contributed by atoms with Gasteiger partial charge in [-0.15, -0.1) is 0 Å². The minimum atomic E-state index is -0.966. The molecule has 1 atom stereocenters. The third-order valence-corrected chi connectivity index (χ3v) is 3.88. The number of esters is 1. The number of phenolic OH excluding ortho intramolecular Hbond substituents is 1. The molecular formula is C22H27NO6. The lowest BCUT2D eigenvalue weighted by Crippen LogP contribution is -2.45. The number of phenols is 1. The summed E-state index contributed by atoms with van der Waals surface area (Å²) in [5.74, 6) is -0.321. The van der Waals surface area contributed by atoms with Crippen LogP contribution in [0.1, 0.15) is 31.9 Å². The van der Waals surface area contributed by atoms with E-state index in [4.69, 9.17) is 14.2 Å². The van der Waals surface area contributed by atoms with Gasteiger partial charge in [-0.25, -0.2) is 9.59 Å². The van der Waals surface area contributed by atoms with E-state index in [0.29, 0.717) is 5.56 Å². The number of ether oxygens (including phenoxy) is 3. The molecule has 1 amide bonds. The minimum Gasteiger partial charge on any atom is -0.504 e. The molecule has 2 N–H and O–H groups in total. The van der Waals surface area contributed by atoms with Gasteiger partial charge in [-0.05, 0) is 44.0 Å². The molecule has 2 aromatic carbocycles. The molecule has 0 aliphatic rings. The summed E-state index contributed by atoms with van der Waals surface area (Å²) in [5.41, 5.74) is 0.802. The summed E-state index contributed by atoms with van der Waals surface area (Å²) in [4.78, 5) is 24.9. The quantitative estimate of drug-likeness (QED) is 0.689. The molecule has 0 bridgehead atoms. The maximum Gasteiger partial charge on any atom is 0.408 e. The summed E-state index contributed by atoms with van der Waals surface area (Å²) in [6, 6.07) is 13.0. The van der Waals surface area contributed by atoms with Crippen molar-refractivity contribution < 1.29 is 28.9 Å². The number of amides is 1. The van der Waals surface area contributed by atoms with Crippen LogP contribution >= 0.6 is 0 Å². The summed E-state index contributed by atoms with van der Waals surface area (Å²) >= 11 is 0. The highest BCUT2D eigenvalue weighted by molar-refractivity contribution is 5.82. The minimum absolute atomic E-state index is 0.0136. The number of rotatable bonds is 7. The second-order valence-corrected chi connectivity index (χ2v) is 7.50. The fraction of sp³-hybridized carbons (Fsp3) is 0.364. The van der Waals surface area contributed by atoms with E-state index in [1.165, 1.54) is 13.2 Å². The van der Waals surface area contributed by atoms with Gasteiger partial charge in [0.05, 0.1) is 7.11 Å². The Kier molecular flexibility index (Phi) is 7.47. The van der Waals surface area contributed by atoms with Crippen LogP contribution < -0.4 is 10.1 Å². The molecule has 7 heteroatoms. The number of hydrogen-bond acceptors (Lipinski definition) is 6. The van der Waals surface area contributed by atoms with E-state index in [1.54, 1.807) is 32.9 Å². The Morgan fingerprint density at radius 1 is 1.07 bits per heavy atom. The Bertz CT molecular complexity index is 829. The van der Waals surface area contributed by atoms with Gasteiger partial charge in [0.1, 0.15) is 18.2 Å². The van der Waals surface area contributed by atoms with Crippen LogP contribution in [-0.2, 0) is 27.3 Å². The van der Waals surface area contributed by atoms with Gasteiger partial charge in [-0.2, -0.15) is 0 Å². The van der Waals surface area contributed by atoms with Gasteiger partial charge in [0.25, 0.3) is 0 Å². The molecule has 0 fully saturated rings. The van der Waals surface area contributed by atoms with Crippen LogP contribution in [0.3, 0.4) is 0 Å². The fourth-order valence-corrected chi connectivity index (χ4v) is 2.56. The highest BCUT2D eigenvalue weighted by Crippen LogP contribution is 2.27. The zero-order valence-electron chi connectivity index (χ0n) is 17.1. The zero-order chi connectivity index (χ0) is 21.4. The first kappa shape index (κ1) is 22.1. The first-order chi connectivity index (χ1) is 13.7. The van der Waals surface area contributed by atoms with E-state index in [1.807, 2.05) is 30.3 Å². The van der Waals surface area contributed by atoms with Gasteiger partial charge in [0.2, 0.25) is 0 Å². The lowest BCUT2D eigenvalue weighted by Gasteiger charge is -2.24. The molecule has 29 heavy (non-hydrogen) atoms. The first-order valence-corrected chi connectivity index (χ1v) is 9.24. The number of carbonyl (C=O) groups excluding carboxylic acids is 2. The van der Waals surface area contributed by atoms with Gasteiger partial charge < -0.3 is 24.6 Å². The van der Waals surface area contributed by atoms with Crippen molar-refractivity contribution in [2.24, 2.45) is 0 Å². The smallest absolute Gasteiger partial charge is 0.408 e. The van der Waals surface area contributed by atoms with Gasteiger partial charge in [-0.3, -0.25) is 0 Å². The third-order valence-electron chi connectivity index (χ3n) is 3.88. The molecule has 0 aliphatic carbocycles. The maximum atomic E-state index is 12.6. The molecule has 2 rings (SSSR count). The number of benzene rings is 2. The fourth-order valence-electron chi connectivity index (χ4n) is 2.56. The SMILES string of the molecule is COc1cc(CC(NC(=O)OCc2ccccc2)C(=O)OC(C)(C)C)ccc1O. The van der Waals surface area contributed by atoms with E-state index in [-0.39, 0.29) is 24.5 Å². The van der Waals surface area contributed by atoms with Crippen molar-refractivity contribution in [1.29, 1.82) is 0 Å². The van der Waals surface area contributed by atoms with Crippen LogP contribution in [0.15, 0.2) is 48.5 Å². The van der Waals surface area contributed by atoms with Gasteiger partial charge in [0, 0.05) is 6.42 Å². The molecule has 2 aromatic rings. The van der Waals surface area contributed by atoms with Crippen LogP contribution in [0.25, 0.3) is 0 Å². The van der Waals surface area contributed by atoms with Crippen LogP contribution in [0.5, 0.6) is 11.5 Å². The molecule has 156 valence electrons. The van der Waals surface area contributed by atoms with Crippen LogP contribution in [-0.4, -0.2) is 35.9 Å². The second-order valence-electron chi connectivity index (χ2n) is 7.50. The average molecular weight is 401 g/mol. The average Bonchev–Trinajstić information content (AvgIpc) is 2.66. The predicted octanol–water partition coefficient (Wildman–Crippen LogP) is 3.58. The molecular weight excluding hydrogens is 374 g/mol. The number of aromatic hydroxyl groups is 1. The van der Waals surface area contributed by atoms with Crippen molar-refractivity contribution in [3.8, 4) is 11.5 Å². The zero-order valence-corrected chi connectivity index (χ0v) is 17.1. The maximum absolute atomic E-state index is 12.6. The monoisotopic (exact) mass is 401 g/mol. The predicted molar refractivity (Wildman–Crippen MR) is 108 cm³/mol. The summed E-state index contributed by atoms with van der Waals surface area (Å²) in [5, 5.41) is 12.3. The van der Waals surface area contributed by atoms with Gasteiger partial charge >= 0.3 is 12.1 Å². The van der Waals surface area contributed by atoms with Gasteiger partial charge in [0.15, 0.2) is 11.5 Å². The van der Waals surface area contributed by atoms with Crippen molar-refractivity contribution in [3.05, 3.63) is 59.7 Å². The molecule has 0 spiro atoms. The van der Waals surface area contributed by atoms with Crippen molar-refractivity contribution in [3.63, 3.8) is 0 Å². The van der Waals surface area contributed by atoms with Crippen molar-refractivity contribution in [1.82, 2.24) is 5.32 Å². The Labute approximate surface area is 170 Å². The summed E-state index contributed by atoms with van der Waals surface area (Å²) < 4.78 is 15.7. The lowest BCUT2D eigenvalue weighted by molar-refractivity contribution is -0.157. The summed E-state index contributed by atoms with van der Waals surface area (Å²) in [7, 11) is 1.43. The first-order valence-electron chi connectivity index (χ1n) is 9.24. The van der Waals surface area contributed by atoms with Crippen LogP contribution in [0.2, 0.25) is 0 Å². The van der Waals surface area contributed by atoms with Crippen molar-refractivity contribution in [2.45, 2.75) is 45.4 Å². The largest absolute Gasteiger partial charge is 0.504 e. The highest BCUT2D eigenvalue weighted by Gasteiger charge is 2.28. The number of nitrogens with one attached hydrogen (secondary N) is 1. The number of methoxy groups -OCH3 is 1. The highest BCUT2D eigenvalue weighted by atomic mass is 16.6. The molecule has 7 nitrogen and oxygen atoms in total. The standard InChI is InChI=1S/C22H27NO6/c1-22(2,3)29-20(25)17(12-16-10-11-18(24)19(13-16)27-4)23-21(26)28-14-15-8-6-5-7-9-15/h5-11,13,17,24H,12,14H2,1-4H3,(H,23,26). The molecule has 1 unspecified atom stereocenters. The normalized spacial score (nSPS) is 12.0. The number of hydrogen-bond donors (Lipinski definition) is 2. The third kappa shape index (κ3) is 7.37. The second kappa shape index (κ2) is 9.82. The molecule has 0 aliphatic heterocycles. The number of alkyl carbamates (subject to hydrolysis) is 1. The molecule has 0 radical (unpaired) electrons. The van der Waals surface area contributed by atoms with E-state index in [2.05, 4.69) is 5.32 Å². The van der Waals surface area contributed by atoms with E-state index >= 15 is 0 Å².